The molecule has 2 N–H and O–H groups in total. The minimum Gasteiger partial charge on any atom is -0.316 e. The van der Waals surface area contributed by atoms with Gasteiger partial charge in [0.1, 0.15) is 6.04 Å². The van der Waals surface area contributed by atoms with Crippen LogP contribution in [0.5, 0.6) is 0 Å². The Morgan fingerprint density at radius 2 is 1.60 bits per heavy atom. The van der Waals surface area contributed by atoms with Crippen molar-refractivity contribution in [2.24, 2.45) is 5.73 Å². The van der Waals surface area contributed by atoms with E-state index in [1.165, 1.54) is 6.07 Å². The average molecular weight is 278 g/mol. The molecule has 0 amide bonds. The van der Waals surface area contributed by atoms with Gasteiger partial charge in [0.05, 0.1) is 15.1 Å². The summed E-state index contributed by atoms with van der Waals surface area (Å²) in [5.41, 5.74) is 4.69. The van der Waals surface area contributed by atoms with E-state index in [4.69, 9.17) is 40.5 Å². The fraction of sp³-hybridized carbons (Fsp3) is 0.250. The first-order chi connectivity index (χ1) is 6.75. The molecule has 0 heterocycles. The molecule has 0 aliphatic carbocycles. The van der Waals surface area contributed by atoms with Gasteiger partial charge in [0.25, 0.3) is 0 Å². The summed E-state index contributed by atoms with van der Waals surface area (Å²) in [5.74, 6) is 0. The Morgan fingerprint density at radius 3 is 2.07 bits per heavy atom. The van der Waals surface area contributed by atoms with Crippen molar-refractivity contribution in [3.8, 4) is 0 Å². The van der Waals surface area contributed by atoms with Gasteiger partial charge < -0.3 is 5.73 Å². The van der Waals surface area contributed by atoms with E-state index in [-0.39, 0.29) is 20.6 Å². The van der Waals surface area contributed by atoms with E-state index >= 15 is 0 Å². The van der Waals surface area contributed by atoms with E-state index in [1.54, 1.807) is 0 Å². The van der Waals surface area contributed by atoms with Crippen LogP contribution in [-0.4, -0.2) is 6.18 Å². The maximum atomic E-state index is 12.3. The van der Waals surface area contributed by atoms with Gasteiger partial charge in [-0.15, -0.1) is 0 Å². The summed E-state index contributed by atoms with van der Waals surface area (Å²) < 4.78 is 36.9. The largest absolute Gasteiger partial charge is 0.407 e. The Hall–Kier alpha value is -0.160. The maximum Gasteiger partial charge on any atom is 0.407 e. The van der Waals surface area contributed by atoms with Gasteiger partial charge in [0.2, 0.25) is 0 Å². The average Bonchev–Trinajstić information content (AvgIpc) is 2.12. The Balaban J connectivity index is 3.23. The normalized spacial score (nSPS) is 14.1. The number of hydrogen-bond donors (Lipinski definition) is 1. The van der Waals surface area contributed by atoms with Crippen molar-refractivity contribution in [3.63, 3.8) is 0 Å². The van der Waals surface area contributed by atoms with Crippen LogP contribution < -0.4 is 5.73 Å². The Kier molecular flexibility index (Phi) is 3.76. The fourth-order valence-electron chi connectivity index (χ4n) is 0.957. The molecule has 1 aromatic rings. The Morgan fingerprint density at radius 1 is 1.07 bits per heavy atom. The number of rotatable bonds is 1. The van der Waals surface area contributed by atoms with Crippen molar-refractivity contribution in [2.45, 2.75) is 12.2 Å². The first kappa shape index (κ1) is 12.9. The molecule has 1 nitrogen and oxygen atoms in total. The molecule has 1 aromatic carbocycles. The van der Waals surface area contributed by atoms with Crippen molar-refractivity contribution in [1.29, 1.82) is 0 Å². The summed E-state index contributed by atoms with van der Waals surface area (Å²) in [7, 11) is 0. The van der Waals surface area contributed by atoms with Crippen LogP contribution in [0.2, 0.25) is 15.1 Å². The maximum absolute atomic E-state index is 12.3. The van der Waals surface area contributed by atoms with Crippen LogP contribution >= 0.6 is 34.8 Å². The molecule has 15 heavy (non-hydrogen) atoms. The molecule has 0 saturated carbocycles. The molecule has 0 fully saturated rings. The fourth-order valence-corrected chi connectivity index (χ4v) is 1.62. The minimum atomic E-state index is -4.57. The monoisotopic (exact) mass is 277 g/mol. The lowest BCUT2D eigenvalue weighted by Gasteiger charge is -2.17. The van der Waals surface area contributed by atoms with Crippen LogP contribution in [0.25, 0.3) is 0 Å². The van der Waals surface area contributed by atoms with Crippen LogP contribution in [0.1, 0.15) is 11.6 Å². The quantitative estimate of drug-likeness (QED) is 0.765. The molecule has 84 valence electrons. The second-order valence-corrected chi connectivity index (χ2v) is 3.95. The lowest BCUT2D eigenvalue weighted by molar-refractivity contribution is -0.149. The highest BCUT2D eigenvalue weighted by Crippen LogP contribution is 2.39. The van der Waals surface area contributed by atoms with Gasteiger partial charge in [-0.3, -0.25) is 0 Å². The molecule has 0 bridgehead atoms. The van der Waals surface area contributed by atoms with Gasteiger partial charge in [-0.05, 0) is 11.6 Å². The topological polar surface area (TPSA) is 26.0 Å². The highest BCUT2D eigenvalue weighted by molar-refractivity contribution is 6.48. The summed E-state index contributed by atoms with van der Waals surface area (Å²) in [6.07, 6.45) is -4.57. The minimum absolute atomic E-state index is 0.0831. The number of hydrogen-bond acceptors (Lipinski definition) is 1. The second kappa shape index (κ2) is 4.37. The molecule has 0 radical (unpaired) electrons. The van der Waals surface area contributed by atoms with Crippen molar-refractivity contribution < 1.29 is 13.2 Å². The molecule has 0 spiro atoms. The summed E-state index contributed by atoms with van der Waals surface area (Å²) in [4.78, 5) is 0. The van der Waals surface area contributed by atoms with E-state index < -0.39 is 12.2 Å². The van der Waals surface area contributed by atoms with Crippen LogP contribution in [0.3, 0.4) is 0 Å². The van der Waals surface area contributed by atoms with Crippen molar-refractivity contribution in [3.05, 3.63) is 32.8 Å². The molecule has 1 rings (SSSR count). The Bertz CT molecular complexity index is 378. The zero-order chi connectivity index (χ0) is 11.8. The van der Waals surface area contributed by atoms with Crippen LogP contribution in [-0.2, 0) is 0 Å². The SMILES string of the molecule is N[C@@H](c1ccc(Cl)c(Cl)c1Cl)C(F)(F)F. The summed E-state index contributed by atoms with van der Waals surface area (Å²) in [6, 6.07) is 0.158. The predicted octanol–water partition coefficient (Wildman–Crippen LogP) is 4.21. The van der Waals surface area contributed by atoms with Crippen molar-refractivity contribution in [2.75, 3.05) is 0 Å². The Labute approximate surface area is 98.9 Å². The molecule has 1 atom stereocenters. The lowest BCUT2D eigenvalue weighted by atomic mass is 10.1. The van der Waals surface area contributed by atoms with E-state index in [2.05, 4.69) is 0 Å². The lowest BCUT2D eigenvalue weighted by Crippen LogP contribution is -2.28. The molecule has 0 aliphatic heterocycles. The molecule has 0 unspecified atom stereocenters. The van der Waals surface area contributed by atoms with Gasteiger partial charge in [-0.1, -0.05) is 40.9 Å². The molecule has 0 aromatic heterocycles. The first-order valence-corrected chi connectivity index (χ1v) is 4.84. The smallest absolute Gasteiger partial charge is 0.316 e. The highest BCUT2D eigenvalue weighted by Gasteiger charge is 2.39. The molecular weight excluding hydrogens is 273 g/mol. The zero-order valence-corrected chi connectivity index (χ0v) is 9.34. The highest BCUT2D eigenvalue weighted by atomic mass is 35.5. The molecule has 0 saturated heterocycles. The van der Waals surface area contributed by atoms with E-state index in [9.17, 15) is 13.2 Å². The number of alkyl halides is 3. The number of halogens is 6. The van der Waals surface area contributed by atoms with Crippen LogP contribution in [0.4, 0.5) is 13.2 Å². The van der Waals surface area contributed by atoms with Gasteiger partial charge in [0, 0.05) is 0 Å². The molecule has 0 aliphatic rings. The van der Waals surface area contributed by atoms with Gasteiger partial charge in [-0.25, -0.2) is 0 Å². The van der Waals surface area contributed by atoms with Crippen molar-refractivity contribution in [1.82, 2.24) is 0 Å². The summed E-state index contributed by atoms with van der Waals surface area (Å²) in [6.45, 7) is 0. The predicted molar refractivity (Wildman–Crippen MR) is 54.5 cm³/mol. The van der Waals surface area contributed by atoms with Crippen LogP contribution in [0.15, 0.2) is 12.1 Å². The standard InChI is InChI=1S/C8H5Cl3F3N/c9-4-2-1-3(5(10)6(4)11)7(15)8(12,13)14/h1-2,7H,15H2/t7-/m0/s1. The number of nitrogens with two attached hydrogens (primary N) is 1. The summed E-state index contributed by atoms with van der Waals surface area (Å²) in [5, 5.41) is -0.315. The van der Waals surface area contributed by atoms with E-state index in [1.807, 2.05) is 0 Å². The first-order valence-electron chi connectivity index (χ1n) is 3.71. The van der Waals surface area contributed by atoms with Gasteiger partial charge in [-0.2, -0.15) is 13.2 Å². The second-order valence-electron chi connectivity index (χ2n) is 2.78. The molecular formula is C8H5Cl3F3N. The third kappa shape index (κ3) is 2.69. The third-order valence-corrected chi connectivity index (χ3v) is 3.06. The third-order valence-electron chi connectivity index (χ3n) is 1.75. The molecule has 7 heteroatoms. The van der Waals surface area contributed by atoms with Crippen LogP contribution in [0, 0.1) is 0 Å². The summed E-state index contributed by atoms with van der Waals surface area (Å²) >= 11 is 16.8. The van der Waals surface area contributed by atoms with E-state index in [0.717, 1.165) is 6.07 Å². The van der Waals surface area contributed by atoms with Gasteiger partial charge in [0.15, 0.2) is 0 Å². The number of benzene rings is 1. The van der Waals surface area contributed by atoms with E-state index in [0.29, 0.717) is 0 Å². The van der Waals surface area contributed by atoms with Gasteiger partial charge >= 0.3 is 6.18 Å². The zero-order valence-electron chi connectivity index (χ0n) is 7.08. The van der Waals surface area contributed by atoms with Crippen molar-refractivity contribution >= 4 is 34.8 Å².